The zero-order chi connectivity index (χ0) is 16.8. The standard InChI is InChI=1S/C17H18FNO3S/c1-3-4-13-10-14(17(21)22-2)16(23-13)19-15(20)9-11-5-7-12(18)8-6-11/h5-8,10H,3-4,9H2,1-2H3,(H,19,20). The molecule has 0 aliphatic heterocycles. The molecule has 0 atom stereocenters. The first kappa shape index (κ1) is 17.1. The predicted molar refractivity (Wildman–Crippen MR) is 88.4 cm³/mol. The van der Waals surface area contributed by atoms with Gasteiger partial charge in [-0.2, -0.15) is 0 Å². The van der Waals surface area contributed by atoms with E-state index in [1.807, 2.05) is 6.92 Å². The zero-order valence-electron chi connectivity index (χ0n) is 13.0. The number of hydrogen-bond acceptors (Lipinski definition) is 4. The number of rotatable bonds is 6. The summed E-state index contributed by atoms with van der Waals surface area (Å²) in [5, 5.41) is 3.25. The normalized spacial score (nSPS) is 10.4. The maximum Gasteiger partial charge on any atom is 0.340 e. The van der Waals surface area contributed by atoms with Crippen molar-refractivity contribution in [1.29, 1.82) is 0 Å². The van der Waals surface area contributed by atoms with E-state index in [0.29, 0.717) is 16.1 Å². The Hall–Kier alpha value is -2.21. The summed E-state index contributed by atoms with van der Waals surface area (Å²) in [4.78, 5) is 25.0. The number of halogens is 1. The van der Waals surface area contributed by atoms with Crippen LogP contribution in [0.3, 0.4) is 0 Å². The van der Waals surface area contributed by atoms with Gasteiger partial charge in [0, 0.05) is 4.88 Å². The van der Waals surface area contributed by atoms with Gasteiger partial charge >= 0.3 is 5.97 Å². The van der Waals surface area contributed by atoms with Crippen LogP contribution < -0.4 is 5.32 Å². The first-order valence-corrected chi connectivity index (χ1v) is 8.10. The van der Waals surface area contributed by atoms with E-state index < -0.39 is 5.97 Å². The van der Waals surface area contributed by atoms with E-state index in [2.05, 4.69) is 5.32 Å². The number of anilines is 1. The van der Waals surface area contributed by atoms with Crippen molar-refractivity contribution >= 4 is 28.2 Å². The molecule has 4 nitrogen and oxygen atoms in total. The highest BCUT2D eigenvalue weighted by Gasteiger charge is 2.18. The van der Waals surface area contributed by atoms with Crippen LogP contribution >= 0.6 is 11.3 Å². The van der Waals surface area contributed by atoms with Crippen LogP contribution in [-0.4, -0.2) is 19.0 Å². The molecule has 1 aromatic carbocycles. The number of esters is 1. The molecule has 1 N–H and O–H groups in total. The van der Waals surface area contributed by atoms with Gasteiger partial charge in [-0.3, -0.25) is 4.79 Å². The Balaban J connectivity index is 2.12. The summed E-state index contributed by atoms with van der Waals surface area (Å²) < 4.78 is 17.6. The second-order valence-electron chi connectivity index (χ2n) is 5.05. The summed E-state index contributed by atoms with van der Waals surface area (Å²) in [6.45, 7) is 2.05. The molecule has 2 aromatic rings. The first-order chi connectivity index (χ1) is 11.0. The van der Waals surface area contributed by atoms with Crippen molar-refractivity contribution in [1.82, 2.24) is 0 Å². The molecule has 1 amide bonds. The van der Waals surface area contributed by atoms with Crippen LogP contribution in [0.15, 0.2) is 30.3 Å². The van der Waals surface area contributed by atoms with E-state index in [9.17, 15) is 14.0 Å². The van der Waals surface area contributed by atoms with E-state index in [0.717, 1.165) is 17.7 Å². The van der Waals surface area contributed by atoms with Crippen LogP contribution in [0.2, 0.25) is 0 Å². The number of aryl methyl sites for hydroxylation is 1. The van der Waals surface area contributed by atoms with Crippen molar-refractivity contribution in [2.75, 3.05) is 12.4 Å². The van der Waals surface area contributed by atoms with Gasteiger partial charge in [0.25, 0.3) is 0 Å². The predicted octanol–water partition coefficient (Wildman–Crippen LogP) is 3.81. The number of thiophene rings is 1. The third kappa shape index (κ3) is 4.63. The fourth-order valence-corrected chi connectivity index (χ4v) is 3.29. The van der Waals surface area contributed by atoms with E-state index in [4.69, 9.17) is 4.74 Å². The Morgan fingerprint density at radius 2 is 1.96 bits per heavy atom. The largest absolute Gasteiger partial charge is 0.465 e. The molecule has 0 bridgehead atoms. The van der Waals surface area contributed by atoms with Gasteiger partial charge in [0.1, 0.15) is 10.8 Å². The van der Waals surface area contributed by atoms with Crippen molar-refractivity contribution in [2.24, 2.45) is 0 Å². The number of nitrogens with one attached hydrogen (secondary N) is 1. The average Bonchev–Trinajstić information content (AvgIpc) is 2.91. The van der Waals surface area contributed by atoms with Gasteiger partial charge in [-0.15, -0.1) is 11.3 Å². The van der Waals surface area contributed by atoms with E-state index >= 15 is 0 Å². The average molecular weight is 335 g/mol. The fraction of sp³-hybridized carbons (Fsp3) is 0.294. The maximum atomic E-state index is 12.9. The quantitative estimate of drug-likeness (QED) is 0.817. The van der Waals surface area contributed by atoms with Gasteiger partial charge < -0.3 is 10.1 Å². The molecular weight excluding hydrogens is 317 g/mol. The summed E-state index contributed by atoms with van der Waals surface area (Å²) in [5.41, 5.74) is 1.07. The molecule has 0 spiro atoms. The number of methoxy groups -OCH3 is 1. The van der Waals surface area contributed by atoms with Crippen LogP contribution in [0.4, 0.5) is 9.39 Å². The lowest BCUT2D eigenvalue weighted by molar-refractivity contribution is -0.115. The van der Waals surface area contributed by atoms with Gasteiger partial charge in [0.05, 0.1) is 19.1 Å². The summed E-state index contributed by atoms with van der Waals surface area (Å²) in [6, 6.07) is 7.51. The van der Waals surface area contributed by atoms with Crippen molar-refractivity contribution in [3.63, 3.8) is 0 Å². The summed E-state index contributed by atoms with van der Waals surface area (Å²) in [5.74, 6) is -1.07. The Morgan fingerprint density at radius 3 is 2.57 bits per heavy atom. The summed E-state index contributed by atoms with van der Waals surface area (Å²) in [7, 11) is 1.31. The number of carbonyl (C=O) groups is 2. The topological polar surface area (TPSA) is 55.4 Å². The molecule has 1 heterocycles. The molecule has 2 rings (SSSR count). The maximum absolute atomic E-state index is 12.9. The third-order valence-corrected chi connectivity index (χ3v) is 4.33. The minimum atomic E-state index is -0.472. The summed E-state index contributed by atoms with van der Waals surface area (Å²) in [6.07, 6.45) is 1.90. The van der Waals surface area contributed by atoms with Gasteiger partial charge in [-0.1, -0.05) is 25.5 Å². The molecule has 0 saturated heterocycles. The molecule has 1 aromatic heterocycles. The zero-order valence-corrected chi connectivity index (χ0v) is 13.8. The molecule has 0 fully saturated rings. The molecule has 23 heavy (non-hydrogen) atoms. The number of hydrogen-bond donors (Lipinski definition) is 1. The lowest BCUT2D eigenvalue weighted by Gasteiger charge is -2.05. The molecule has 6 heteroatoms. The van der Waals surface area contributed by atoms with Gasteiger partial charge in [-0.25, -0.2) is 9.18 Å². The third-order valence-electron chi connectivity index (χ3n) is 3.22. The van der Waals surface area contributed by atoms with Crippen molar-refractivity contribution in [3.05, 3.63) is 52.2 Å². The summed E-state index contributed by atoms with van der Waals surface area (Å²) >= 11 is 1.38. The Labute approximate surface area is 138 Å². The van der Waals surface area contributed by atoms with Crippen LogP contribution in [0.1, 0.15) is 34.1 Å². The highest BCUT2D eigenvalue weighted by atomic mass is 32.1. The molecule has 122 valence electrons. The lowest BCUT2D eigenvalue weighted by atomic mass is 10.1. The van der Waals surface area contributed by atoms with Crippen LogP contribution in [0.25, 0.3) is 0 Å². The smallest absolute Gasteiger partial charge is 0.340 e. The molecule has 0 aliphatic rings. The van der Waals surface area contributed by atoms with Crippen molar-refractivity contribution < 1.29 is 18.7 Å². The second kappa shape index (κ2) is 7.87. The second-order valence-corrected chi connectivity index (χ2v) is 6.19. The van der Waals surface area contributed by atoms with Gasteiger partial charge in [0.2, 0.25) is 5.91 Å². The van der Waals surface area contributed by atoms with E-state index in [1.54, 1.807) is 18.2 Å². The minimum absolute atomic E-state index is 0.113. The number of amides is 1. The van der Waals surface area contributed by atoms with Crippen LogP contribution in [-0.2, 0) is 22.4 Å². The van der Waals surface area contributed by atoms with E-state index in [1.165, 1.54) is 30.6 Å². The number of benzene rings is 1. The molecule has 0 radical (unpaired) electrons. The minimum Gasteiger partial charge on any atom is -0.465 e. The molecule has 0 unspecified atom stereocenters. The number of carbonyl (C=O) groups excluding carboxylic acids is 2. The van der Waals surface area contributed by atoms with Crippen LogP contribution in [0, 0.1) is 5.82 Å². The molecular formula is C17H18FNO3S. The van der Waals surface area contributed by atoms with E-state index in [-0.39, 0.29) is 18.1 Å². The van der Waals surface area contributed by atoms with Gasteiger partial charge in [0.15, 0.2) is 0 Å². The fourth-order valence-electron chi connectivity index (χ4n) is 2.12. The van der Waals surface area contributed by atoms with Gasteiger partial charge in [-0.05, 0) is 30.2 Å². The highest BCUT2D eigenvalue weighted by Crippen LogP contribution is 2.30. The number of ether oxygens (including phenoxy) is 1. The lowest BCUT2D eigenvalue weighted by Crippen LogP contribution is -2.15. The SMILES string of the molecule is CCCc1cc(C(=O)OC)c(NC(=O)Cc2ccc(F)cc2)s1. The highest BCUT2D eigenvalue weighted by molar-refractivity contribution is 7.16. The molecule has 0 saturated carbocycles. The van der Waals surface area contributed by atoms with Crippen LogP contribution in [0.5, 0.6) is 0 Å². The Kier molecular flexibility index (Phi) is 5.87. The molecule has 0 aliphatic carbocycles. The van der Waals surface area contributed by atoms with Crippen molar-refractivity contribution in [3.8, 4) is 0 Å². The monoisotopic (exact) mass is 335 g/mol. The first-order valence-electron chi connectivity index (χ1n) is 7.28. The Bertz CT molecular complexity index is 694. The van der Waals surface area contributed by atoms with Crippen molar-refractivity contribution in [2.45, 2.75) is 26.2 Å². The Morgan fingerprint density at radius 1 is 1.26 bits per heavy atom.